The molecule has 1 aromatic rings. The van der Waals surface area contributed by atoms with Gasteiger partial charge in [0.1, 0.15) is 10.7 Å². The molecule has 0 aliphatic heterocycles. The van der Waals surface area contributed by atoms with Gasteiger partial charge in [-0.1, -0.05) is 0 Å². The van der Waals surface area contributed by atoms with Crippen LogP contribution in [-0.2, 0) is 6.42 Å². The SMILES string of the molecule is CNC(C)(C)Cc1ccc([N+](=O)[O-])o1. The van der Waals surface area contributed by atoms with Crippen molar-refractivity contribution in [1.29, 1.82) is 0 Å². The Balaban J connectivity index is 2.73. The minimum Gasteiger partial charge on any atom is -0.406 e. The highest BCUT2D eigenvalue weighted by atomic mass is 16.6. The Bertz CT molecular complexity index is 331. The molecule has 0 saturated carbocycles. The molecule has 0 fully saturated rings. The first kappa shape index (κ1) is 10.7. The van der Waals surface area contributed by atoms with E-state index in [2.05, 4.69) is 5.32 Å². The van der Waals surface area contributed by atoms with Crippen LogP contribution in [0.2, 0.25) is 0 Å². The first-order chi connectivity index (χ1) is 6.44. The van der Waals surface area contributed by atoms with Crippen LogP contribution in [-0.4, -0.2) is 17.5 Å². The van der Waals surface area contributed by atoms with Gasteiger partial charge >= 0.3 is 5.88 Å². The van der Waals surface area contributed by atoms with Gasteiger partial charge in [-0.25, -0.2) is 0 Å². The number of furan rings is 1. The highest BCUT2D eigenvalue weighted by molar-refractivity contribution is 5.18. The van der Waals surface area contributed by atoms with Gasteiger partial charge < -0.3 is 9.73 Å². The molecule has 14 heavy (non-hydrogen) atoms. The Morgan fingerprint density at radius 1 is 1.57 bits per heavy atom. The molecule has 0 saturated heterocycles. The van der Waals surface area contributed by atoms with Crippen molar-refractivity contribution < 1.29 is 9.34 Å². The summed E-state index contributed by atoms with van der Waals surface area (Å²) >= 11 is 0. The zero-order valence-corrected chi connectivity index (χ0v) is 8.53. The lowest BCUT2D eigenvalue weighted by Gasteiger charge is -2.22. The van der Waals surface area contributed by atoms with E-state index in [0.717, 1.165) is 0 Å². The lowest BCUT2D eigenvalue weighted by Crippen LogP contribution is -2.38. The quantitative estimate of drug-likeness (QED) is 0.591. The molecule has 0 radical (unpaired) electrons. The Morgan fingerprint density at radius 2 is 2.21 bits per heavy atom. The third-order valence-corrected chi connectivity index (χ3v) is 2.12. The van der Waals surface area contributed by atoms with Gasteiger partial charge in [-0.3, -0.25) is 10.1 Å². The fraction of sp³-hybridized carbons (Fsp3) is 0.556. The maximum atomic E-state index is 10.3. The first-order valence-electron chi connectivity index (χ1n) is 4.36. The Hall–Kier alpha value is -1.36. The van der Waals surface area contributed by atoms with Crippen molar-refractivity contribution in [2.24, 2.45) is 0 Å². The van der Waals surface area contributed by atoms with Gasteiger partial charge in [0.25, 0.3) is 0 Å². The highest BCUT2D eigenvalue weighted by Gasteiger charge is 2.20. The van der Waals surface area contributed by atoms with E-state index in [9.17, 15) is 10.1 Å². The van der Waals surface area contributed by atoms with Crippen LogP contribution in [0.15, 0.2) is 16.5 Å². The monoisotopic (exact) mass is 198 g/mol. The molecule has 0 amide bonds. The summed E-state index contributed by atoms with van der Waals surface area (Å²) in [6.07, 6.45) is 0.622. The zero-order valence-electron chi connectivity index (χ0n) is 8.53. The van der Waals surface area contributed by atoms with Crippen LogP contribution in [0.4, 0.5) is 5.88 Å². The molecule has 1 rings (SSSR count). The van der Waals surface area contributed by atoms with Gasteiger partial charge in [0.2, 0.25) is 0 Å². The standard InChI is InChI=1S/C9H14N2O3/c1-9(2,10-3)6-7-4-5-8(14-7)11(12)13/h4-5,10H,6H2,1-3H3. The molecule has 1 heterocycles. The zero-order chi connectivity index (χ0) is 10.8. The van der Waals surface area contributed by atoms with E-state index in [1.165, 1.54) is 6.07 Å². The van der Waals surface area contributed by atoms with E-state index in [4.69, 9.17) is 4.42 Å². The lowest BCUT2D eigenvalue weighted by atomic mass is 10.00. The molecule has 1 aromatic heterocycles. The fourth-order valence-electron chi connectivity index (χ4n) is 1.08. The van der Waals surface area contributed by atoms with Crippen LogP contribution in [0, 0.1) is 10.1 Å². The van der Waals surface area contributed by atoms with Gasteiger partial charge in [0.15, 0.2) is 0 Å². The average Bonchev–Trinajstić information content (AvgIpc) is 2.52. The fourth-order valence-corrected chi connectivity index (χ4v) is 1.08. The summed E-state index contributed by atoms with van der Waals surface area (Å²) in [5.41, 5.74) is -0.119. The summed E-state index contributed by atoms with van der Waals surface area (Å²) in [6.45, 7) is 4.00. The van der Waals surface area contributed by atoms with Crippen LogP contribution in [0.5, 0.6) is 0 Å². The van der Waals surface area contributed by atoms with Crippen LogP contribution >= 0.6 is 0 Å². The summed E-state index contributed by atoms with van der Waals surface area (Å²) < 4.78 is 5.04. The van der Waals surface area contributed by atoms with Gasteiger partial charge in [-0.2, -0.15) is 0 Å². The maximum Gasteiger partial charge on any atom is 0.433 e. The third-order valence-electron chi connectivity index (χ3n) is 2.12. The van der Waals surface area contributed by atoms with E-state index in [-0.39, 0.29) is 11.4 Å². The first-order valence-corrected chi connectivity index (χ1v) is 4.36. The molecule has 0 aliphatic rings. The molecule has 0 unspecified atom stereocenters. The van der Waals surface area contributed by atoms with E-state index >= 15 is 0 Å². The normalized spacial score (nSPS) is 11.6. The van der Waals surface area contributed by atoms with E-state index in [1.807, 2.05) is 20.9 Å². The van der Waals surface area contributed by atoms with Crippen molar-refractivity contribution >= 4 is 5.88 Å². The number of nitrogens with one attached hydrogen (secondary N) is 1. The predicted octanol–water partition coefficient (Wildman–Crippen LogP) is 1.73. The van der Waals surface area contributed by atoms with E-state index in [1.54, 1.807) is 6.07 Å². The second kappa shape index (κ2) is 3.79. The number of nitrogens with zero attached hydrogens (tertiary/aromatic N) is 1. The Kier molecular flexibility index (Phi) is 2.90. The minimum absolute atomic E-state index is 0.119. The summed E-state index contributed by atoms with van der Waals surface area (Å²) in [5, 5.41) is 13.4. The van der Waals surface area contributed by atoms with Crippen molar-refractivity contribution in [2.75, 3.05) is 7.05 Å². The topological polar surface area (TPSA) is 68.3 Å². The van der Waals surface area contributed by atoms with E-state index in [0.29, 0.717) is 12.2 Å². The second-order valence-corrected chi connectivity index (χ2v) is 3.81. The van der Waals surface area contributed by atoms with Gasteiger partial charge in [0.05, 0.1) is 6.07 Å². The molecular formula is C9H14N2O3. The number of hydrogen-bond acceptors (Lipinski definition) is 4. The summed E-state index contributed by atoms with van der Waals surface area (Å²) in [7, 11) is 1.84. The molecule has 5 nitrogen and oxygen atoms in total. The third kappa shape index (κ3) is 2.56. The maximum absolute atomic E-state index is 10.3. The molecule has 0 atom stereocenters. The van der Waals surface area contributed by atoms with Crippen molar-refractivity contribution in [1.82, 2.24) is 5.32 Å². The molecule has 0 aliphatic carbocycles. The average molecular weight is 198 g/mol. The molecule has 0 bridgehead atoms. The van der Waals surface area contributed by atoms with Gasteiger partial charge in [-0.15, -0.1) is 0 Å². The summed E-state index contributed by atoms with van der Waals surface area (Å²) in [4.78, 5) is 9.81. The number of nitro groups is 1. The summed E-state index contributed by atoms with van der Waals surface area (Å²) in [6, 6.07) is 3.01. The summed E-state index contributed by atoms with van der Waals surface area (Å²) in [5.74, 6) is 0.419. The van der Waals surface area contributed by atoms with Crippen molar-refractivity contribution in [3.05, 3.63) is 28.0 Å². The predicted molar refractivity (Wildman–Crippen MR) is 52.2 cm³/mol. The molecule has 78 valence electrons. The van der Waals surface area contributed by atoms with Crippen LogP contribution < -0.4 is 5.32 Å². The highest BCUT2D eigenvalue weighted by Crippen LogP contribution is 2.19. The molecule has 0 spiro atoms. The van der Waals surface area contributed by atoms with Crippen LogP contribution in [0.3, 0.4) is 0 Å². The lowest BCUT2D eigenvalue weighted by molar-refractivity contribution is -0.402. The Morgan fingerprint density at radius 3 is 2.64 bits per heavy atom. The number of likely N-dealkylation sites (N-methyl/N-ethyl adjacent to an activating group) is 1. The van der Waals surface area contributed by atoms with Gasteiger partial charge in [0, 0.05) is 12.0 Å². The van der Waals surface area contributed by atoms with Crippen molar-refractivity contribution in [3.8, 4) is 0 Å². The largest absolute Gasteiger partial charge is 0.433 e. The molecule has 5 heteroatoms. The van der Waals surface area contributed by atoms with Crippen molar-refractivity contribution in [3.63, 3.8) is 0 Å². The second-order valence-electron chi connectivity index (χ2n) is 3.81. The van der Waals surface area contributed by atoms with E-state index < -0.39 is 4.92 Å². The van der Waals surface area contributed by atoms with Gasteiger partial charge in [-0.05, 0) is 27.0 Å². The Labute approximate surface area is 82.3 Å². The number of hydrogen-bond donors (Lipinski definition) is 1. The smallest absolute Gasteiger partial charge is 0.406 e. The van der Waals surface area contributed by atoms with Crippen molar-refractivity contribution in [2.45, 2.75) is 25.8 Å². The molecule has 0 aromatic carbocycles. The molecular weight excluding hydrogens is 184 g/mol. The number of rotatable bonds is 4. The van der Waals surface area contributed by atoms with Crippen LogP contribution in [0.25, 0.3) is 0 Å². The molecule has 1 N–H and O–H groups in total. The van der Waals surface area contributed by atoms with Crippen LogP contribution in [0.1, 0.15) is 19.6 Å². The minimum atomic E-state index is -0.532.